The molecule has 0 saturated carbocycles. The van der Waals surface area contributed by atoms with Crippen LogP contribution in [0, 0.1) is 0 Å². The number of amides is 3. The van der Waals surface area contributed by atoms with Crippen molar-refractivity contribution in [1.82, 2.24) is 25.9 Å². The molecule has 1 aromatic carbocycles. The van der Waals surface area contributed by atoms with Crippen LogP contribution in [0.1, 0.15) is 49.8 Å². The van der Waals surface area contributed by atoms with E-state index in [1.807, 2.05) is 0 Å². The molecule has 2 rings (SSSR count). The van der Waals surface area contributed by atoms with E-state index in [-0.39, 0.29) is 31.4 Å². The standard InChI is InChI=1S/C27H42N8O6/c28-11-3-1-5-21(25(38)34-22(27(40)41)6-2-4-12-29)33-26(39)23(14-18-15-31-16-32-18)35-24(37)20(30)13-17-7-9-19(36)10-8-17/h7-10,15-16,20-23,36H,1-6,11-14,28-30H2,(H,31,32)(H,33,39)(H,34,38)(H,35,37)(H,40,41). The number of hydrogen-bond acceptors (Lipinski definition) is 9. The number of rotatable bonds is 19. The van der Waals surface area contributed by atoms with Gasteiger partial charge in [-0.1, -0.05) is 12.1 Å². The van der Waals surface area contributed by atoms with Gasteiger partial charge in [-0.15, -0.1) is 0 Å². The summed E-state index contributed by atoms with van der Waals surface area (Å²) in [6, 6.07) is 1.95. The summed E-state index contributed by atoms with van der Waals surface area (Å²) in [5.74, 6) is -2.99. The van der Waals surface area contributed by atoms with E-state index in [9.17, 15) is 29.4 Å². The van der Waals surface area contributed by atoms with Crippen LogP contribution in [0.15, 0.2) is 36.8 Å². The maximum Gasteiger partial charge on any atom is 0.326 e. The monoisotopic (exact) mass is 574 g/mol. The van der Waals surface area contributed by atoms with Crippen LogP contribution in [0.2, 0.25) is 0 Å². The normalized spacial score (nSPS) is 13.9. The minimum atomic E-state index is -1.19. The van der Waals surface area contributed by atoms with Gasteiger partial charge < -0.3 is 48.3 Å². The number of carbonyl (C=O) groups is 4. The average molecular weight is 575 g/mol. The molecule has 0 radical (unpaired) electrons. The minimum Gasteiger partial charge on any atom is -0.508 e. The van der Waals surface area contributed by atoms with Crippen LogP contribution in [0.4, 0.5) is 0 Å². The van der Waals surface area contributed by atoms with E-state index in [4.69, 9.17) is 17.2 Å². The molecule has 0 bridgehead atoms. The zero-order chi connectivity index (χ0) is 30.2. The Balaban J connectivity index is 2.15. The summed E-state index contributed by atoms with van der Waals surface area (Å²) >= 11 is 0. The molecule has 0 spiro atoms. The molecule has 0 aliphatic heterocycles. The van der Waals surface area contributed by atoms with Crippen molar-refractivity contribution < 1.29 is 29.4 Å². The fourth-order valence-electron chi connectivity index (χ4n) is 4.14. The molecule has 12 N–H and O–H groups in total. The van der Waals surface area contributed by atoms with Gasteiger partial charge in [-0.25, -0.2) is 9.78 Å². The van der Waals surface area contributed by atoms with Gasteiger partial charge in [0.15, 0.2) is 0 Å². The largest absolute Gasteiger partial charge is 0.508 e. The molecule has 41 heavy (non-hydrogen) atoms. The molecule has 14 heteroatoms. The highest BCUT2D eigenvalue weighted by Gasteiger charge is 2.30. The molecule has 1 heterocycles. The van der Waals surface area contributed by atoms with Crippen molar-refractivity contribution in [1.29, 1.82) is 0 Å². The van der Waals surface area contributed by atoms with Crippen LogP contribution in [0.3, 0.4) is 0 Å². The number of unbranched alkanes of at least 4 members (excludes halogenated alkanes) is 2. The topological polar surface area (TPSA) is 252 Å². The quantitative estimate of drug-likeness (QED) is 0.0927. The SMILES string of the molecule is NCCCCC(NC(=O)C(CCCCN)NC(=O)C(Cc1cnc[nH]1)NC(=O)C(N)Cc1ccc(O)cc1)C(=O)O. The van der Waals surface area contributed by atoms with E-state index < -0.39 is 47.9 Å². The predicted molar refractivity (Wildman–Crippen MR) is 151 cm³/mol. The molecular weight excluding hydrogens is 532 g/mol. The number of imidazole rings is 1. The van der Waals surface area contributed by atoms with Crippen LogP contribution in [-0.2, 0) is 32.0 Å². The third-order valence-corrected chi connectivity index (χ3v) is 6.48. The number of nitrogens with two attached hydrogens (primary N) is 3. The number of benzene rings is 1. The summed E-state index contributed by atoms with van der Waals surface area (Å²) in [5, 5.41) is 26.9. The van der Waals surface area contributed by atoms with Crippen molar-refractivity contribution in [2.24, 2.45) is 17.2 Å². The molecule has 14 nitrogen and oxygen atoms in total. The summed E-state index contributed by atoms with van der Waals surface area (Å²) in [6.45, 7) is 0.788. The number of phenols is 1. The number of aromatic nitrogens is 2. The third kappa shape index (κ3) is 11.9. The Morgan fingerprint density at radius 3 is 1.93 bits per heavy atom. The molecule has 0 aliphatic carbocycles. The number of nitrogens with one attached hydrogen (secondary N) is 4. The fraction of sp³-hybridized carbons (Fsp3) is 0.519. The second kappa shape index (κ2) is 17.6. The lowest BCUT2D eigenvalue weighted by Gasteiger charge is -2.25. The van der Waals surface area contributed by atoms with Crippen molar-refractivity contribution in [3.63, 3.8) is 0 Å². The summed E-state index contributed by atoms with van der Waals surface area (Å²) in [7, 11) is 0. The van der Waals surface area contributed by atoms with Crippen LogP contribution in [-0.4, -0.2) is 81.1 Å². The highest BCUT2D eigenvalue weighted by molar-refractivity contribution is 5.94. The number of H-pyrrole nitrogens is 1. The average Bonchev–Trinajstić information content (AvgIpc) is 3.46. The smallest absolute Gasteiger partial charge is 0.326 e. The van der Waals surface area contributed by atoms with E-state index in [2.05, 4.69) is 25.9 Å². The number of hydrogen-bond donors (Lipinski definition) is 9. The number of carbonyl (C=O) groups excluding carboxylic acids is 3. The molecule has 2 aromatic rings. The van der Waals surface area contributed by atoms with E-state index in [1.54, 1.807) is 12.1 Å². The van der Waals surface area contributed by atoms with Gasteiger partial charge in [-0.3, -0.25) is 14.4 Å². The lowest BCUT2D eigenvalue weighted by Crippen LogP contribution is -2.57. The maximum atomic E-state index is 13.4. The predicted octanol–water partition coefficient (Wildman–Crippen LogP) is -0.975. The number of phenolic OH excluding ortho intramolecular Hbond substituents is 1. The van der Waals surface area contributed by atoms with Gasteiger partial charge in [0.05, 0.1) is 12.4 Å². The molecule has 3 amide bonds. The van der Waals surface area contributed by atoms with Crippen molar-refractivity contribution >= 4 is 23.7 Å². The van der Waals surface area contributed by atoms with E-state index in [0.29, 0.717) is 44.5 Å². The van der Waals surface area contributed by atoms with Crippen LogP contribution in [0.25, 0.3) is 0 Å². The van der Waals surface area contributed by atoms with E-state index in [0.717, 1.165) is 5.56 Å². The molecule has 4 unspecified atom stereocenters. The maximum absolute atomic E-state index is 13.4. The summed E-state index contributed by atoms with van der Waals surface area (Å²) in [4.78, 5) is 58.1. The van der Waals surface area contributed by atoms with Gasteiger partial charge in [0.1, 0.15) is 23.9 Å². The highest BCUT2D eigenvalue weighted by atomic mass is 16.4. The van der Waals surface area contributed by atoms with E-state index in [1.165, 1.54) is 24.7 Å². The van der Waals surface area contributed by atoms with Crippen molar-refractivity contribution in [3.05, 3.63) is 48.0 Å². The fourth-order valence-corrected chi connectivity index (χ4v) is 4.14. The molecule has 0 saturated heterocycles. The highest BCUT2D eigenvalue weighted by Crippen LogP contribution is 2.12. The zero-order valence-electron chi connectivity index (χ0n) is 23.1. The van der Waals surface area contributed by atoms with Crippen LogP contribution >= 0.6 is 0 Å². The van der Waals surface area contributed by atoms with Crippen molar-refractivity contribution in [3.8, 4) is 5.75 Å². The first-order chi connectivity index (χ1) is 19.6. The summed E-state index contributed by atoms with van der Waals surface area (Å²) < 4.78 is 0. The Kier molecular flexibility index (Phi) is 14.3. The van der Waals surface area contributed by atoms with Gasteiger partial charge in [0.2, 0.25) is 17.7 Å². The first-order valence-electron chi connectivity index (χ1n) is 13.7. The number of aliphatic carboxylic acids is 1. The Morgan fingerprint density at radius 2 is 1.37 bits per heavy atom. The van der Waals surface area contributed by atoms with E-state index >= 15 is 0 Å². The Morgan fingerprint density at radius 1 is 0.805 bits per heavy atom. The lowest BCUT2D eigenvalue weighted by atomic mass is 10.0. The van der Waals surface area contributed by atoms with Gasteiger partial charge >= 0.3 is 5.97 Å². The Hall–Kier alpha value is -4.01. The van der Waals surface area contributed by atoms with Gasteiger partial charge in [-0.05, 0) is 75.7 Å². The van der Waals surface area contributed by atoms with Crippen LogP contribution in [0.5, 0.6) is 5.75 Å². The number of aromatic amines is 1. The molecule has 4 atom stereocenters. The van der Waals surface area contributed by atoms with Gasteiger partial charge in [0, 0.05) is 18.3 Å². The first kappa shape index (κ1) is 33.2. The second-order valence-corrected chi connectivity index (χ2v) is 9.85. The number of carboxylic acid groups (broad SMARTS) is 1. The Labute approximate surface area is 238 Å². The Bertz CT molecular complexity index is 1100. The zero-order valence-corrected chi connectivity index (χ0v) is 23.1. The van der Waals surface area contributed by atoms with Gasteiger partial charge in [-0.2, -0.15) is 0 Å². The molecular formula is C27H42N8O6. The number of carboxylic acids is 1. The summed E-state index contributed by atoms with van der Waals surface area (Å²) in [5.41, 5.74) is 18.5. The second-order valence-electron chi connectivity index (χ2n) is 9.85. The summed E-state index contributed by atoms with van der Waals surface area (Å²) in [6.07, 6.45) is 5.78. The first-order valence-corrected chi connectivity index (χ1v) is 13.7. The van der Waals surface area contributed by atoms with Crippen molar-refractivity contribution in [2.75, 3.05) is 13.1 Å². The molecule has 0 fully saturated rings. The minimum absolute atomic E-state index is 0.0392. The molecule has 1 aromatic heterocycles. The molecule has 226 valence electrons. The lowest BCUT2D eigenvalue weighted by molar-refractivity contribution is -0.142. The van der Waals surface area contributed by atoms with Crippen molar-refractivity contribution in [2.45, 2.75) is 75.5 Å². The number of nitrogens with zero attached hydrogens (tertiary/aromatic N) is 1. The van der Waals surface area contributed by atoms with Crippen LogP contribution < -0.4 is 33.2 Å². The number of aromatic hydroxyl groups is 1. The van der Waals surface area contributed by atoms with Gasteiger partial charge in [0.25, 0.3) is 0 Å². The molecule has 0 aliphatic rings. The third-order valence-electron chi connectivity index (χ3n) is 6.48.